The molecule has 0 aliphatic carbocycles. The zero-order valence-corrected chi connectivity index (χ0v) is 14.9. The van der Waals surface area contributed by atoms with Crippen molar-refractivity contribution in [1.29, 1.82) is 0 Å². The molecule has 1 saturated heterocycles. The molecule has 1 aliphatic rings. The van der Waals surface area contributed by atoms with Crippen LogP contribution in [0.2, 0.25) is 0 Å². The number of ether oxygens (including phenoxy) is 1. The number of rotatable bonds is 6. The van der Waals surface area contributed by atoms with Gasteiger partial charge in [0.05, 0.1) is 6.61 Å². The van der Waals surface area contributed by atoms with E-state index in [0.717, 1.165) is 36.6 Å². The van der Waals surface area contributed by atoms with Crippen LogP contribution in [0.3, 0.4) is 0 Å². The second kappa shape index (κ2) is 8.16. The van der Waals surface area contributed by atoms with E-state index in [1.807, 2.05) is 0 Å². The van der Waals surface area contributed by atoms with Crippen LogP contribution in [0.4, 0.5) is 5.69 Å². The van der Waals surface area contributed by atoms with Crippen LogP contribution in [0.1, 0.15) is 32.3 Å². The molecular weight excluding hydrogens is 328 g/mol. The molecule has 4 heteroatoms. The number of hydrogen-bond donors (Lipinski definition) is 1. The van der Waals surface area contributed by atoms with Gasteiger partial charge in [-0.1, -0.05) is 22.9 Å². The second-order valence-corrected chi connectivity index (χ2v) is 6.91. The zero-order valence-electron chi connectivity index (χ0n) is 13.4. The van der Waals surface area contributed by atoms with Gasteiger partial charge in [0, 0.05) is 42.9 Å². The van der Waals surface area contributed by atoms with Crippen LogP contribution in [0.5, 0.6) is 0 Å². The third-order valence-electron chi connectivity index (χ3n) is 4.52. The Morgan fingerprint density at radius 1 is 1.38 bits per heavy atom. The first-order valence-electron chi connectivity index (χ1n) is 7.88. The number of halogens is 1. The smallest absolute Gasteiger partial charge is 0.0587 e. The third-order valence-corrected chi connectivity index (χ3v) is 5.02. The molecule has 0 aromatic heterocycles. The minimum absolute atomic E-state index is 0.609. The molecule has 118 valence electrons. The maximum absolute atomic E-state index is 5.10. The van der Waals surface area contributed by atoms with Crippen molar-refractivity contribution in [2.24, 2.45) is 5.92 Å². The van der Waals surface area contributed by atoms with Gasteiger partial charge in [0.2, 0.25) is 0 Å². The molecule has 2 rings (SSSR count). The Morgan fingerprint density at radius 3 is 2.95 bits per heavy atom. The van der Waals surface area contributed by atoms with Crippen molar-refractivity contribution in [1.82, 2.24) is 5.32 Å². The van der Waals surface area contributed by atoms with E-state index in [-0.39, 0.29) is 0 Å². The number of methoxy groups -OCH3 is 1. The monoisotopic (exact) mass is 354 g/mol. The molecule has 1 aliphatic heterocycles. The predicted octanol–water partition coefficient (Wildman–Crippen LogP) is 3.81. The van der Waals surface area contributed by atoms with Crippen LogP contribution in [0.15, 0.2) is 22.7 Å². The van der Waals surface area contributed by atoms with Gasteiger partial charge in [-0.05, 0) is 49.4 Å². The normalized spacial score (nSPS) is 22.6. The van der Waals surface area contributed by atoms with Gasteiger partial charge < -0.3 is 15.0 Å². The lowest BCUT2D eigenvalue weighted by Gasteiger charge is -2.40. The maximum Gasteiger partial charge on any atom is 0.0587 e. The molecule has 1 fully saturated rings. The Balaban J connectivity index is 2.13. The summed E-state index contributed by atoms with van der Waals surface area (Å²) in [5, 5.41) is 3.46. The molecule has 0 spiro atoms. The van der Waals surface area contributed by atoms with E-state index in [0.29, 0.717) is 6.04 Å². The quantitative estimate of drug-likeness (QED) is 0.786. The third kappa shape index (κ3) is 4.44. The van der Waals surface area contributed by atoms with E-state index < -0.39 is 0 Å². The summed E-state index contributed by atoms with van der Waals surface area (Å²) in [6.45, 7) is 8.41. The second-order valence-electron chi connectivity index (χ2n) is 6.00. The van der Waals surface area contributed by atoms with Gasteiger partial charge in [-0.25, -0.2) is 0 Å². The van der Waals surface area contributed by atoms with E-state index in [1.165, 1.54) is 24.1 Å². The number of nitrogens with zero attached hydrogens (tertiary/aromatic N) is 1. The van der Waals surface area contributed by atoms with Gasteiger partial charge in [-0.15, -0.1) is 0 Å². The van der Waals surface area contributed by atoms with Gasteiger partial charge in [-0.3, -0.25) is 0 Å². The number of benzene rings is 1. The van der Waals surface area contributed by atoms with Crippen molar-refractivity contribution in [3.05, 3.63) is 28.2 Å². The largest absolute Gasteiger partial charge is 0.383 e. The zero-order chi connectivity index (χ0) is 15.2. The SMILES string of the molecule is COCCNCc1cc(Br)ccc1N1CCCC(C)C1C. The topological polar surface area (TPSA) is 24.5 Å². The van der Waals surface area contributed by atoms with E-state index in [4.69, 9.17) is 4.74 Å². The summed E-state index contributed by atoms with van der Waals surface area (Å²) in [5.74, 6) is 0.761. The fraction of sp³-hybridized carbons (Fsp3) is 0.647. The van der Waals surface area contributed by atoms with Crippen LogP contribution in [-0.2, 0) is 11.3 Å². The van der Waals surface area contributed by atoms with Crippen molar-refractivity contribution in [2.45, 2.75) is 39.3 Å². The van der Waals surface area contributed by atoms with Gasteiger partial charge >= 0.3 is 0 Å². The molecular formula is C17H27BrN2O. The summed E-state index contributed by atoms with van der Waals surface area (Å²) < 4.78 is 6.24. The van der Waals surface area contributed by atoms with Crippen molar-refractivity contribution in [3.8, 4) is 0 Å². The lowest BCUT2D eigenvalue weighted by molar-refractivity contribution is 0.199. The summed E-state index contributed by atoms with van der Waals surface area (Å²) in [7, 11) is 1.74. The van der Waals surface area contributed by atoms with Crippen molar-refractivity contribution in [2.75, 3.05) is 31.7 Å². The number of hydrogen-bond acceptors (Lipinski definition) is 3. The lowest BCUT2D eigenvalue weighted by atomic mass is 9.91. The van der Waals surface area contributed by atoms with Crippen LogP contribution in [0.25, 0.3) is 0 Å². The van der Waals surface area contributed by atoms with E-state index in [9.17, 15) is 0 Å². The number of anilines is 1. The Kier molecular flexibility index (Phi) is 6.52. The average Bonchev–Trinajstić information content (AvgIpc) is 2.47. The van der Waals surface area contributed by atoms with Crippen molar-refractivity contribution >= 4 is 21.6 Å². The molecule has 2 unspecified atom stereocenters. The Labute approximate surface area is 137 Å². The summed E-state index contributed by atoms with van der Waals surface area (Å²) in [6, 6.07) is 7.25. The maximum atomic E-state index is 5.10. The first kappa shape index (κ1) is 16.8. The first-order chi connectivity index (χ1) is 10.1. The highest BCUT2D eigenvalue weighted by Gasteiger charge is 2.26. The van der Waals surface area contributed by atoms with Gasteiger partial charge in [0.1, 0.15) is 0 Å². The van der Waals surface area contributed by atoms with Crippen molar-refractivity contribution in [3.63, 3.8) is 0 Å². The van der Waals surface area contributed by atoms with E-state index in [1.54, 1.807) is 7.11 Å². The molecule has 0 amide bonds. The highest BCUT2D eigenvalue weighted by molar-refractivity contribution is 9.10. The minimum Gasteiger partial charge on any atom is -0.383 e. The summed E-state index contributed by atoms with van der Waals surface area (Å²) >= 11 is 3.60. The molecule has 2 atom stereocenters. The van der Waals surface area contributed by atoms with E-state index >= 15 is 0 Å². The minimum atomic E-state index is 0.609. The Morgan fingerprint density at radius 2 is 2.19 bits per heavy atom. The molecule has 0 bridgehead atoms. The molecule has 1 heterocycles. The molecule has 1 aromatic carbocycles. The fourth-order valence-electron chi connectivity index (χ4n) is 3.05. The summed E-state index contributed by atoms with van der Waals surface area (Å²) in [4.78, 5) is 2.58. The standard InChI is InChI=1S/C17H27BrN2O/c1-13-5-4-9-20(14(13)2)17-7-6-16(18)11-15(17)12-19-8-10-21-3/h6-7,11,13-14,19H,4-5,8-10,12H2,1-3H3. The van der Waals surface area contributed by atoms with Gasteiger partial charge in [0.25, 0.3) is 0 Å². The van der Waals surface area contributed by atoms with Crippen LogP contribution < -0.4 is 10.2 Å². The first-order valence-corrected chi connectivity index (χ1v) is 8.67. The number of nitrogens with one attached hydrogen (secondary N) is 1. The summed E-state index contributed by atoms with van der Waals surface area (Å²) in [5.41, 5.74) is 2.74. The Bertz CT molecular complexity index is 452. The van der Waals surface area contributed by atoms with Crippen molar-refractivity contribution < 1.29 is 4.74 Å². The molecule has 1 N–H and O–H groups in total. The molecule has 3 nitrogen and oxygen atoms in total. The van der Waals surface area contributed by atoms with Crippen LogP contribution in [-0.4, -0.2) is 32.8 Å². The summed E-state index contributed by atoms with van der Waals surface area (Å²) in [6.07, 6.45) is 2.63. The molecule has 0 radical (unpaired) electrons. The molecule has 21 heavy (non-hydrogen) atoms. The van der Waals surface area contributed by atoms with E-state index in [2.05, 4.69) is 58.2 Å². The van der Waals surface area contributed by atoms with Gasteiger partial charge in [-0.2, -0.15) is 0 Å². The fourth-order valence-corrected chi connectivity index (χ4v) is 3.46. The highest BCUT2D eigenvalue weighted by atomic mass is 79.9. The Hall–Kier alpha value is -0.580. The molecule has 0 saturated carbocycles. The van der Waals surface area contributed by atoms with Crippen LogP contribution in [0, 0.1) is 5.92 Å². The molecule has 1 aromatic rings. The van der Waals surface area contributed by atoms with Gasteiger partial charge in [0.15, 0.2) is 0 Å². The lowest BCUT2D eigenvalue weighted by Crippen LogP contribution is -2.43. The highest BCUT2D eigenvalue weighted by Crippen LogP contribution is 2.32. The van der Waals surface area contributed by atoms with Crippen LogP contribution >= 0.6 is 15.9 Å². The predicted molar refractivity (Wildman–Crippen MR) is 92.9 cm³/mol. The average molecular weight is 355 g/mol. The number of piperidine rings is 1.